The first-order valence-electron chi connectivity index (χ1n) is 6.87. The highest BCUT2D eigenvalue weighted by Crippen LogP contribution is 2.33. The van der Waals surface area contributed by atoms with Crippen LogP contribution >= 0.6 is 0 Å². The molecule has 0 saturated heterocycles. The minimum Gasteiger partial charge on any atom is -0.493 e. The van der Waals surface area contributed by atoms with Gasteiger partial charge in [0.2, 0.25) is 11.8 Å². The van der Waals surface area contributed by atoms with Gasteiger partial charge in [0.05, 0.1) is 13.0 Å². The zero-order valence-electron chi connectivity index (χ0n) is 12.0. The number of fused-ring (bicyclic) bond motifs is 1. The lowest BCUT2D eigenvalue weighted by Gasteiger charge is -2.24. The van der Waals surface area contributed by atoms with E-state index < -0.39 is 5.92 Å². The Hall–Kier alpha value is -2.89. The average Bonchev–Trinajstić information content (AvgIpc) is 2.54. The molecule has 2 N–H and O–H groups in total. The molecule has 112 valence electrons. The first-order chi connectivity index (χ1) is 10.7. The number of pyridine rings is 1. The number of nitrogens with one attached hydrogen (secondary N) is 2. The highest BCUT2D eigenvalue weighted by atomic mass is 16.5. The van der Waals surface area contributed by atoms with E-state index in [1.807, 2.05) is 18.2 Å². The summed E-state index contributed by atoms with van der Waals surface area (Å²) in [6.07, 6.45) is 1.68. The number of hydrogen-bond acceptors (Lipinski definition) is 4. The molecule has 2 heterocycles. The molecule has 0 aliphatic carbocycles. The fraction of sp³-hybridized carbons (Fsp3) is 0.188. The maximum atomic E-state index is 12.6. The predicted octanol–water partition coefficient (Wildman–Crippen LogP) is 2.15. The lowest BCUT2D eigenvalue weighted by molar-refractivity contribution is -0.123. The van der Waals surface area contributed by atoms with Crippen molar-refractivity contribution in [3.05, 3.63) is 48.2 Å². The van der Waals surface area contributed by atoms with Crippen LogP contribution in [0.3, 0.4) is 0 Å². The summed E-state index contributed by atoms with van der Waals surface area (Å²) in [6, 6.07) is 10.7. The summed E-state index contributed by atoms with van der Waals surface area (Å²) in [4.78, 5) is 28.4. The second kappa shape index (κ2) is 5.85. The van der Waals surface area contributed by atoms with E-state index in [-0.39, 0.29) is 18.2 Å². The van der Waals surface area contributed by atoms with Crippen molar-refractivity contribution < 1.29 is 14.3 Å². The highest BCUT2D eigenvalue weighted by molar-refractivity contribution is 6.05. The van der Waals surface area contributed by atoms with Crippen molar-refractivity contribution >= 4 is 23.3 Å². The van der Waals surface area contributed by atoms with E-state index in [1.165, 1.54) is 7.11 Å². The number of rotatable bonds is 3. The molecule has 0 spiro atoms. The highest BCUT2D eigenvalue weighted by Gasteiger charge is 2.30. The Labute approximate surface area is 127 Å². The Balaban J connectivity index is 1.88. The molecule has 1 aromatic carbocycles. The Kier molecular flexibility index (Phi) is 3.74. The number of anilines is 2. The monoisotopic (exact) mass is 297 g/mol. The molecule has 1 aliphatic rings. The summed E-state index contributed by atoms with van der Waals surface area (Å²) in [5.41, 5.74) is 1.47. The molecule has 0 bridgehead atoms. The molecular formula is C16H15N3O3. The zero-order chi connectivity index (χ0) is 15.5. The number of aromatic nitrogens is 1. The van der Waals surface area contributed by atoms with Crippen LogP contribution in [0.4, 0.5) is 11.5 Å². The molecule has 6 heteroatoms. The molecular weight excluding hydrogens is 282 g/mol. The lowest BCUT2D eigenvalue weighted by atomic mass is 9.90. The van der Waals surface area contributed by atoms with Gasteiger partial charge in [0, 0.05) is 18.3 Å². The van der Waals surface area contributed by atoms with E-state index in [9.17, 15) is 9.59 Å². The van der Waals surface area contributed by atoms with Gasteiger partial charge in [-0.2, -0.15) is 0 Å². The summed E-state index contributed by atoms with van der Waals surface area (Å²) in [5, 5.41) is 5.51. The van der Waals surface area contributed by atoms with Crippen molar-refractivity contribution in [2.24, 2.45) is 0 Å². The number of para-hydroxylation sites is 1. The zero-order valence-corrected chi connectivity index (χ0v) is 12.0. The van der Waals surface area contributed by atoms with Gasteiger partial charge in [-0.1, -0.05) is 18.2 Å². The number of carbonyl (C=O) groups is 2. The summed E-state index contributed by atoms with van der Waals surface area (Å²) in [7, 11) is 1.51. The fourth-order valence-electron chi connectivity index (χ4n) is 2.50. The minimum atomic E-state index is -0.545. The van der Waals surface area contributed by atoms with E-state index in [1.54, 1.807) is 24.4 Å². The number of benzene rings is 1. The number of ether oxygens (including phenoxy) is 1. The van der Waals surface area contributed by atoms with Gasteiger partial charge in [0.25, 0.3) is 0 Å². The van der Waals surface area contributed by atoms with Gasteiger partial charge in [-0.25, -0.2) is 4.98 Å². The molecule has 6 nitrogen and oxygen atoms in total. The van der Waals surface area contributed by atoms with Crippen LogP contribution in [0.5, 0.6) is 5.75 Å². The molecule has 22 heavy (non-hydrogen) atoms. The normalized spacial score (nSPS) is 16.4. The van der Waals surface area contributed by atoms with E-state index >= 15 is 0 Å². The molecule has 0 radical (unpaired) electrons. The van der Waals surface area contributed by atoms with Crippen LogP contribution < -0.4 is 15.4 Å². The minimum absolute atomic E-state index is 0.109. The molecule has 3 rings (SSSR count). The largest absolute Gasteiger partial charge is 0.493 e. The third kappa shape index (κ3) is 2.63. The molecule has 2 amide bonds. The van der Waals surface area contributed by atoms with Gasteiger partial charge in [-0.15, -0.1) is 0 Å². The van der Waals surface area contributed by atoms with Crippen molar-refractivity contribution in [1.29, 1.82) is 0 Å². The number of methoxy groups -OCH3 is 1. The van der Waals surface area contributed by atoms with E-state index in [0.717, 1.165) is 5.56 Å². The SMILES string of the molecule is COc1cccnc1NC(=O)C1CC(=O)Nc2ccccc21. The summed E-state index contributed by atoms with van der Waals surface area (Å²) in [6.45, 7) is 0. The van der Waals surface area contributed by atoms with E-state index in [4.69, 9.17) is 4.74 Å². The Bertz CT molecular complexity index is 730. The average molecular weight is 297 g/mol. The van der Waals surface area contributed by atoms with Gasteiger partial charge in [0.15, 0.2) is 11.6 Å². The second-order valence-corrected chi connectivity index (χ2v) is 4.94. The van der Waals surface area contributed by atoms with Gasteiger partial charge in [-0.05, 0) is 23.8 Å². The second-order valence-electron chi connectivity index (χ2n) is 4.94. The Morgan fingerprint density at radius 3 is 2.95 bits per heavy atom. The van der Waals surface area contributed by atoms with Crippen LogP contribution in [-0.2, 0) is 9.59 Å². The molecule has 0 fully saturated rings. The fourth-order valence-corrected chi connectivity index (χ4v) is 2.50. The predicted molar refractivity (Wildman–Crippen MR) is 81.8 cm³/mol. The third-order valence-corrected chi connectivity index (χ3v) is 3.55. The van der Waals surface area contributed by atoms with Crippen LogP contribution in [0.1, 0.15) is 17.9 Å². The van der Waals surface area contributed by atoms with Gasteiger partial charge in [0.1, 0.15) is 0 Å². The van der Waals surface area contributed by atoms with Crippen molar-refractivity contribution in [1.82, 2.24) is 4.98 Å². The molecule has 1 atom stereocenters. The van der Waals surface area contributed by atoms with E-state index in [0.29, 0.717) is 17.3 Å². The first kappa shape index (κ1) is 14.1. The maximum absolute atomic E-state index is 12.6. The number of carbonyl (C=O) groups excluding carboxylic acids is 2. The molecule has 1 aromatic heterocycles. The van der Waals surface area contributed by atoms with Crippen LogP contribution in [0.2, 0.25) is 0 Å². The van der Waals surface area contributed by atoms with Gasteiger partial charge >= 0.3 is 0 Å². The number of amides is 2. The third-order valence-electron chi connectivity index (χ3n) is 3.55. The van der Waals surface area contributed by atoms with Crippen molar-refractivity contribution in [3.8, 4) is 5.75 Å². The first-order valence-corrected chi connectivity index (χ1v) is 6.87. The maximum Gasteiger partial charge on any atom is 0.233 e. The van der Waals surface area contributed by atoms with Crippen molar-refractivity contribution in [2.45, 2.75) is 12.3 Å². The summed E-state index contributed by atoms with van der Waals surface area (Å²) in [5.74, 6) is -0.175. The summed E-state index contributed by atoms with van der Waals surface area (Å²) < 4.78 is 5.17. The van der Waals surface area contributed by atoms with Crippen molar-refractivity contribution in [2.75, 3.05) is 17.7 Å². The molecule has 0 saturated carbocycles. The lowest BCUT2D eigenvalue weighted by Crippen LogP contribution is -2.31. The number of nitrogens with zero attached hydrogens (tertiary/aromatic N) is 1. The molecule has 1 aliphatic heterocycles. The smallest absolute Gasteiger partial charge is 0.233 e. The number of hydrogen-bond donors (Lipinski definition) is 2. The van der Waals surface area contributed by atoms with Crippen LogP contribution in [-0.4, -0.2) is 23.9 Å². The molecule has 1 unspecified atom stereocenters. The van der Waals surface area contributed by atoms with Crippen molar-refractivity contribution in [3.63, 3.8) is 0 Å². The topological polar surface area (TPSA) is 80.3 Å². The van der Waals surface area contributed by atoms with Crippen LogP contribution in [0.15, 0.2) is 42.6 Å². The van der Waals surface area contributed by atoms with Gasteiger partial charge < -0.3 is 15.4 Å². The quantitative estimate of drug-likeness (QED) is 0.909. The standard InChI is InChI=1S/C16H15N3O3/c1-22-13-7-4-8-17-15(13)19-16(21)11-9-14(20)18-12-6-3-2-5-10(11)12/h2-8,11H,9H2,1H3,(H,18,20)(H,17,19,21). The van der Waals surface area contributed by atoms with E-state index in [2.05, 4.69) is 15.6 Å². The van der Waals surface area contributed by atoms with Gasteiger partial charge in [-0.3, -0.25) is 9.59 Å². The summed E-state index contributed by atoms with van der Waals surface area (Å²) >= 11 is 0. The van der Waals surface area contributed by atoms with Crippen LogP contribution in [0, 0.1) is 0 Å². The molecule has 2 aromatic rings. The Morgan fingerprint density at radius 2 is 2.14 bits per heavy atom. The van der Waals surface area contributed by atoms with Crippen LogP contribution in [0.25, 0.3) is 0 Å². The Morgan fingerprint density at radius 1 is 1.32 bits per heavy atom.